The fourth-order valence-corrected chi connectivity index (χ4v) is 2.84. The molecule has 96 valence electrons. The quantitative estimate of drug-likeness (QED) is 0.801. The van der Waals surface area contributed by atoms with Gasteiger partial charge in [-0.1, -0.05) is 0 Å². The molecule has 3 rings (SSSR count). The number of hydrogen-bond acceptors (Lipinski definition) is 3. The minimum Gasteiger partial charge on any atom is -0.376 e. The van der Waals surface area contributed by atoms with Crippen LogP contribution in [0, 0.1) is 0 Å². The van der Waals surface area contributed by atoms with Gasteiger partial charge in [-0.2, -0.15) is 0 Å². The molecule has 1 fully saturated rings. The van der Waals surface area contributed by atoms with Crippen LogP contribution in [0.2, 0.25) is 0 Å². The van der Waals surface area contributed by atoms with E-state index < -0.39 is 0 Å². The van der Waals surface area contributed by atoms with Gasteiger partial charge in [-0.25, -0.2) is 9.97 Å². The van der Waals surface area contributed by atoms with Crippen LogP contribution in [0.25, 0.3) is 11.2 Å². The van der Waals surface area contributed by atoms with Gasteiger partial charge in [0.1, 0.15) is 11.3 Å². The number of halogens is 1. The predicted octanol–water partition coefficient (Wildman–Crippen LogP) is 2.91. The second kappa shape index (κ2) is 4.86. The molecule has 2 aromatic rings. The van der Waals surface area contributed by atoms with E-state index in [9.17, 15) is 0 Å². The standard InChI is InChI=1S/C13H16ClN3O/c1-9(11-5-3-7-18-11)17-12(8-14)16-10-4-2-6-15-13(10)17/h2,4,6,9,11H,3,5,7-8H2,1H3. The Bertz CT molecular complexity index is 548. The maximum atomic E-state index is 6.00. The molecule has 0 N–H and O–H groups in total. The van der Waals surface area contributed by atoms with Gasteiger partial charge in [-0.15, -0.1) is 11.6 Å². The number of fused-ring (bicyclic) bond motifs is 1. The van der Waals surface area contributed by atoms with Crippen LogP contribution >= 0.6 is 11.6 Å². The van der Waals surface area contributed by atoms with E-state index in [1.807, 2.05) is 12.1 Å². The van der Waals surface area contributed by atoms with Gasteiger partial charge >= 0.3 is 0 Å². The molecule has 18 heavy (non-hydrogen) atoms. The lowest BCUT2D eigenvalue weighted by molar-refractivity contribution is 0.0736. The zero-order valence-electron chi connectivity index (χ0n) is 10.3. The molecule has 0 radical (unpaired) electrons. The topological polar surface area (TPSA) is 39.9 Å². The molecule has 3 heterocycles. The van der Waals surface area contributed by atoms with Crippen molar-refractivity contribution >= 4 is 22.8 Å². The molecule has 1 saturated heterocycles. The third kappa shape index (κ3) is 1.89. The number of alkyl halides is 1. The van der Waals surface area contributed by atoms with Crippen molar-refractivity contribution in [1.82, 2.24) is 14.5 Å². The van der Waals surface area contributed by atoms with Crippen LogP contribution in [0.3, 0.4) is 0 Å². The van der Waals surface area contributed by atoms with Crippen LogP contribution in [0.4, 0.5) is 0 Å². The minimum atomic E-state index is 0.223. The van der Waals surface area contributed by atoms with Gasteiger partial charge < -0.3 is 9.30 Å². The molecule has 0 saturated carbocycles. The average molecular weight is 266 g/mol. The highest BCUT2D eigenvalue weighted by Gasteiger charge is 2.27. The van der Waals surface area contributed by atoms with Gasteiger partial charge in [0, 0.05) is 12.8 Å². The van der Waals surface area contributed by atoms with Gasteiger partial charge in [-0.3, -0.25) is 0 Å². The van der Waals surface area contributed by atoms with Gasteiger partial charge in [0.15, 0.2) is 5.65 Å². The summed E-state index contributed by atoms with van der Waals surface area (Å²) in [7, 11) is 0. The molecule has 0 spiro atoms. The molecule has 1 aliphatic heterocycles. The summed E-state index contributed by atoms with van der Waals surface area (Å²) in [6.45, 7) is 3.01. The first kappa shape index (κ1) is 11.9. The highest BCUT2D eigenvalue weighted by atomic mass is 35.5. The SMILES string of the molecule is CC(C1CCCO1)n1c(CCl)nc2cccnc21. The summed E-state index contributed by atoms with van der Waals surface area (Å²) in [5.41, 5.74) is 1.80. The first-order valence-electron chi connectivity index (χ1n) is 6.30. The molecule has 0 bridgehead atoms. The van der Waals surface area contributed by atoms with Crippen molar-refractivity contribution in [3.63, 3.8) is 0 Å². The van der Waals surface area contributed by atoms with Crippen molar-refractivity contribution in [2.24, 2.45) is 0 Å². The van der Waals surface area contributed by atoms with E-state index in [1.54, 1.807) is 6.20 Å². The summed E-state index contributed by atoms with van der Waals surface area (Å²) >= 11 is 6.00. The molecule has 0 aliphatic carbocycles. The molecule has 2 aromatic heterocycles. The Hall–Kier alpha value is -1.13. The van der Waals surface area contributed by atoms with E-state index in [2.05, 4.69) is 21.5 Å². The second-order valence-corrected chi connectivity index (χ2v) is 4.94. The molecule has 2 unspecified atom stereocenters. The summed E-state index contributed by atoms with van der Waals surface area (Å²) in [5, 5.41) is 0. The molecule has 0 aromatic carbocycles. The van der Waals surface area contributed by atoms with E-state index in [-0.39, 0.29) is 12.1 Å². The van der Waals surface area contributed by atoms with E-state index in [1.165, 1.54) is 0 Å². The van der Waals surface area contributed by atoms with Crippen molar-refractivity contribution in [1.29, 1.82) is 0 Å². The average Bonchev–Trinajstić information content (AvgIpc) is 3.04. The van der Waals surface area contributed by atoms with Crippen molar-refractivity contribution in [3.05, 3.63) is 24.2 Å². The van der Waals surface area contributed by atoms with Gasteiger partial charge in [0.05, 0.1) is 18.0 Å². The Balaban J connectivity index is 2.08. The van der Waals surface area contributed by atoms with Gasteiger partial charge in [0.25, 0.3) is 0 Å². The number of nitrogens with zero attached hydrogens (tertiary/aromatic N) is 3. The van der Waals surface area contributed by atoms with Crippen molar-refractivity contribution in [3.8, 4) is 0 Å². The van der Waals surface area contributed by atoms with Crippen LogP contribution in [0.15, 0.2) is 18.3 Å². The number of aromatic nitrogens is 3. The number of rotatable bonds is 3. The predicted molar refractivity (Wildman–Crippen MR) is 70.8 cm³/mol. The Kier molecular flexibility index (Phi) is 3.22. The Morgan fingerprint density at radius 2 is 2.50 bits per heavy atom. The molecule has 5 heteroatoms. The van der Waals surface area contributed by atoms with Crippen LogP contribution in [0.1, 0.15) is 31.6 Å². The fourth-order valence-electron chi connectivity index (χ4n) is 2.65. The van der Waals surface area contributed by atoms with Crippen LogP contribution in [0.5, 0.6) is 0 Å². The van der Waals surface area contributed by atoms with E-state index in [0.717, 1.165) is 36.4 Å². The second-order valence-electron chi connectivity index (χ2n) is 4.67. The van der Waals surface area contributed by atoms with E-state index >= 15 is 0 Å². The largest absolute Gasteiger partial charge is 0.376 e. The highest BCUT2D eigenvalue weighted by molar-refractivity contribution is 6.16. The van der Waals surface area contributed by atoms with Gasteiger partial charge in [-0.05, 0) is 31.9 Å². The first-order chi connectivity index (χ1) is 8.81. The molecule has 1 aliphatic rings. The lowest BCUT2D eigenvalue weighted by atomic mass is 10.1. The summed E-state index contributed by atoms with van der Waals surface area (Å²) in [4.78, 5) is 8.97. The van der Waals surface area contributed by atoms with Crippen molar-refractivity contribution in [2.45, 2.75) is 37.8 Å². The van der Waals surface area contributed by atoms with E-state index in [4.69, 9.17) is 16.3 Å². The fraction of sp³-hybridized carbons (Fsp3) is 0.538. The lowest BCUT2D eigenvalue weighted by Crippen LogP contribution is -2.22. The van der Waals surface area contributed by atoms with E-state index in [0.29, 0.717) is 5.88 Å². The monoisotopic (exact) mass is 265 g/mol. The third-order valence-electron chi connectivity index (χ3n) is 3.55. The summed E-state index contributed by atoms with van der Waals surface area (Å²) in [5.74, 6) is 1.27. The first-order valence-corrected chi connectivity index (χ1v) is 6.84. The molecular formula is C13H16ClN3O. The normalized spacial score (nSPS) is 21.6. The Morgan fingerprint density at radius 1 is 1.61 bits per heavy atom. The molecule has 4 nitrogen and oxygen atoms in total. The molecule has 2 atom stereocenters. The zero-order chi connectivity index (χ0) is 12.5. The molecular weight excluding hydrogens is 250 g/mol. The Morgan fingerprint density at radius 3 is 3.22 bits per heavy atom. The highest BCUT2D eigenvalue weighted by Crippen LogP contribution is 2.28. The summed E-state index contributed by atoms with van der Waals surface area (Å²) in [6.07, 6.45) is 4.26. The summed E-state index contributed by atoms with van der Waals surface area (Å²) in [6, 6.07) is 4.09. The minimum absolute atomic E-state index is 0.223. The molecule has 0 amide bonds. The van der Waals surface area contributed by atoms with Crippen molar-refractivity contribution < 1.29 is 4.74 Å². The number of pyridine rings is 1. The zero-order valence-corrected chi connectivity index (χ0v) is 11.1. The number of ether oxygens (including phenoxy) is 1. The van der Waals surface area contributed by atoms with Crippen molar-refractivity contribution in [2.75, 3.05) is 6.61 Å². The smallest absolute Gasteiger partial charge is 0.160 e. The summed E-state index contributed by atoms with van der Waals surface area (Å²) < 4.78 is 7.89. The van der Waals surface area contributed by atoms with Crippen LogP contribution in [-0.4, -0.2) is 27.2 Å². The Labute approximate surface area is 111 Å². The number of imidazole rings is 1. The maximum absolute atomic E-state index is 6.00. The third-order valence-corrected chi connectivity index (χ3v) is 3.79. The van der Waals surface area contributed by atoms with Gasteiger partial charge in [0.2, 0.25) is 0 Å². The maximum Gasteiger partial charge on any atom is 0.160 e. The lowest BCUT2D eigenvalue weighted by Gasteiger charge is -2.22. The van der Waals surface area contributed by atoms with Crippen LogP contribution in [-0.2, 0) is 10.6 Å². The number of hydrogen-bond donors (Lipinski definition) is 0. The van der Waals surface area contributed by atoms with Crippen LogP contribution < -0.4 is 0 Å².